The van der Waals surface area contributed by atoms with Crippen LogP contribution in [0.2, 0.25) is 0 Å². The van der Waals surface area contributed by atoms with Crippen LogP contribution in [0.3, 0.4) is 0 Å². The summed E-state index contributed by atoms with van der Waals surface area (Å²) in [4.78, 5) is 59.9. The summed E-state index contributed by atoms with van der Waals surface area (Å²) >= 11 is 1.53. The lowest BCUT2D eigenvalue weighted by molar-refractivity contribution is -0.144. The molecule has 0 aliphatic heterocycles. The number of carboxylic acids is 1. The molecule has 0 aromatic carbocycles. The zero-order chi connectivity index (χ0) is 25.0. The number of thioether (sulfide) groups is 1. The maximum absolute atomic E-state index is 12.8. The Balaban J connectivity index is 5.39. The SMILES string of the molecule is CSCCC(N)C(=O)NC(CC(C)C)C(=O)NC(C(=O)NC(CC(N)=O)C(=O)O)C(C)O. The first-order valence-corrected chi connectivity index (χ1v) is 11.5. The number of aliphatic hydroxyl groups is 1. The van der Waals surface area contributed by atoms with Gasteiger partial charge in [-0.1, -0.05) is 13.8 Å². The van der Waals surface area contributed by atoms with E-state index in [-0.39, 0.29) is 12.3 Å². The van der Waals surface area contributed by atoms with E-state index in [1.165, 1.54) is 18.7 Å². The average molecular weight is 478 g/mol. The van der Waals surface area contributed by atoms with Crippen LogP contribution in [0.4, 0.5) is 0 Å². The molecular weight excluding hydrogens is 442 g/mol. The topological polar surface area (TPSA) is 214 Å². The summed E-state index contributed by atoms with van der Waals surface area (Å²) in [6.07, 6.45) is 0.459. The zero-order valence-electron chi connectivity index (χ0n) is 18.8. The van der Waals surface area contributed by atoms with Gasteiger partial charge in [0.25, 0.3) is 0 Å². The summed E-state index contributed by atoms with van der Waals surface area (Å²) < 4.78 is 0. The Labute approximate surface area is 191 Å². The number of carboxylic acid groups (broad SMARTS) is 1. The molecule has 4 amide bonds. The van der Waals surface area contributed by atoms with E-state index in [1.807, 2.05) is 20.1 Å². The van der Waals surface area contributed by atoms with E-state index < -0.39 is 66.3 Å². The van der Waals surface area contributed by atoms with Gasteiger partial charge in [0.15, 0.2) is 0 Å². The number of hydrogen-bond acceptors (Lipinski definition) is 8. The lowest BCUT2D eigenvalue weighted by Gasteiger charge is -2.27. The number of carbonyl (C=O) groups is 5. The molecule has 0 heterocycles. The second-order valence-electron chi connectivity index (χ2n) is 7.88. The van der Waals surface area contributed by atoms with Crippen molar-refractivity contribution in [3.05, 3.63) is 0 Å². The van der Waals surface area contributed by atoms with E-state index in [0.29, 0.717) is 12.2 Å². The lowest BCUT2D eigenvalue weighted by Crippen LogP contribution is -2.60. The van der Waals surface area contributed by atoms with Crippen LogP contribution in [-0.2, 0) is 24.0 Å². The molecule has 9 N–H and O–H groups in total. The van der Waals surface area contributed by atoms with E-state index in [4.69, 9.17) is 16.6 Å². The summed E-state index contributed by atoms with van der Waals surface area (Å²) in [7, 11) is 0. The molecule has 32 heavy (non-hydrogen) atoms. The molecule has 0 fully saturated rings. The number of hydrogen-bond donors (Lipinski definition) is 7. The highest BCUT2D eigenvalue weighted by Gasteiger charge is 2.33. The van der Waals surface area contributed by atoms with Gasteiger partial charge in [0.2, 0.25) is 23.6 Å². The molecule has 5 atom stereocenters. The molecule has 12 nitrogen and oxygen atoms in total. The Morgan fingerprint density at radius 2 is 1.50 bits per heavy atom. The molecule has 0 saturated heterocycles. The molecule has 0 aromatic heterocycles. The Kier molecular flexibility index (Phi) is 13.5. The van der Waals surface area contributed by atoms with Crippen LogP contribution < -0.4 is 27.4 Å². The summed E-state index contributed by atoms with van der Waals surface area (Å²) in [5.41, 5.74) is 10.8. The molecule has 0 aliphatic carbocycles. The van der Waals surface area contributed by atoms with Crippen LogP contribution in [0.1, 0.15) is 40.0 Å². The van der Waals surface area contributed by atoms with Crippen molar-refractivity contribution in [3.8, 4) is 0 Å². The molecule has 0 rings (SSSR count). The van der Waals surface area contributed by atoms with Crippen molar-refractivity contribution in [3.63, 3.8) is 0 Å². The van der Waals surface area contributed by atoms with Crippen molar-refractivity contribution in [2.45, 2.75) is 70.3 Å². The minimum absolute atomic E-state index is 0.000689. The number of aliphatic carboxylic acids is 1. The third kappa shape index (κ3) is 11.3. The normalized spacial score (nSPS) is 15.7. The molecular formula is C19H35N5O7S. The van der Waals surface area contributed by atoms with Crippen LogP contribution in [-0.4, -0.2) is 82.1 Å². The van der Waals surface area contributed by atoms with Crippen molar-refractivity contribution < 1.29 is 34.2 Å². The summed E-state index contributed by atoms with van der Waals surface area (Å²) in [6, 6.07) is -5.00. The van der Waals surface area contributed by atoms with Gasteiger partial charge in [-0.3, -0.25) is 19.2 Å². The van der Waals surface area contributed by atoms with Crippen molar-refractivity contribution in [1.82, 2.24) is 16.0 Å². The summed E-state index contributed by atoms with van der Waals surface area (Å²) in [5.74, 6) is -4.08. The maximum atomic E-state index is 12.8. The molecule has 13 heteroatoms. The van der Waals surface area contributed by atoms with E-state index in [0.717, 1.165) is 0 Å². The average Bonchev–Trinajstić information content (AvgIpc) is 2.67. The van der Waals surface area contributed by atoms with Gasteiger partial charge in [-0.25, -0.2) is 4.79 Å². The molecule has 0 saturated carbocycles. The lowest BCUT2D eigenvalue weighted by atomic mass is 10.0. The smallest absolute Gasteiger partial charge is 0.326 e. The number of rotatable bonds is 15. The van der Waals surface area contributed by atoms with Crippen LogP contribution in [0.5, 0.6) is 0 Å². The highest BCUT2D eigenvalue weighted by Crippen LogP contribution is 2.08. The largest absolute Gasteiger partial charge is 0.480 e. The highest BCUT2D eigenvalue weighted by molar-refractivity contribution is 7.98. The Morgan fingerprint density at radius 1 is 0.938 bits per heavy atom. The fourth-order valence-corrected chi connectivity index (χ4v) is 3.17. The van der Waals surface area contributed by atoms with Gasteiger partial charge >= 0.3 is 5.97 Å². The number of primary amides is 1. The Hall–Kier alpha value is -2.38. The van der Waals surface area contributed by atoms with Gasteiger partial charge in [-0.05, 0) is 37.7 Å². The number of amides is 4. The predicted molar refractivity (Wildman–Crippen MR) is 119 cm³/mol. The highest BCUT2D eigenvalue weighted by atomic mass is 32.2. The fourth-order valence-electron chi connectivity index (χ4n) is 2.68. The van der Waals surface area contributed by atoms with Crippen molar-refractivity contribution >= 4 is 41.4 Å². The van der Waals surface area contributed by atoms with Gasteiger partial charge in [0.1, 0.15) is 18.1 Å². The van der Waals surface area contributed by atoms with Crippen molar-refractivity contribution in [2.24, 2.45) is 17.4 Å². The maximum Gasteiger partial charge on any atom is 0.326 e. The van der Waals surface area contributed by atoms with Crippen molar-refractivity contribution in [2.75, 3.05) is 12.0 Å². The number of nitrogens with two attached hydrogens (primary N) is 2. The van der Waals surface area contributed by atoms with Gasteiger partial charge in [0, 0.05) is 0 Å². The first-order chi connectivity index (χ1) is 14.8. The van der Waals surface area contributed by atoms with Crippen LogP contribution in [0.15, 0.2) is 0 Å². The monoisotopic (exact) mass is 477 g/mol. The first-order valence-electron chi connectivity index (χ1n) is 10.1. The molecule has 5 unspecified atom stereocenters. The molecule has 0 radical (unpaired) electrons. The van der Waals surface area contributed by atoms with Crippen LogP contribution in [0.25, 0.3) is 0 Å². The third-order valence-electron chi connectivity index (χ3n) is 4.39. The second-order valence-corrected chi connectivity index (χ2v) is 8.86. The van der Waals surface area contributed by atoms with E-state index in [2.05, 4.69) is 16.0 Å². The number of aliphatic hydroxyl groups excluding tert-OH is 1. The summed E-state index contributed by atoms with van der Waals surface area (Å²) in [6.45, 7) is 4.89. The number of nitrogens with one attached hydrogen (secondary N) is 3. The minimum Gasteiger partial charge on any atom is -0.480 e. The van der Waals surface area contributed by atoms with Gasteiger partial charge < -0.3 is 37.6 Å². The molecule has 0 aromatic rings. The Morgan fingerprint density at radius 3 is 1.94 bits per heavy atom. The van der Waals surface area contributed by atoms with Crippen LogP contribution in [0, 0.1) is 5.92 Å². The fraction of sp³-hybridized carbons (Fsp3) is 0.737. The molecule has 0 aliphatic rings. The van der Waals surface area contributed by atoms with Crippen molar-refractivity contribution in [1.29, 1.82) is 0 Å². The van der Waals surface area contributed by atoms with Gasteiger partial charge in [-0.15, -0.1) is 0 Å². The van der Waals surface area contributed by atoms with E-state index in [1.54, 1.807) is 0 Å². The predicted octanol–water partition coefficient (Wildman–Crippen LogP) is -2.09. The summed E-state index contributed by atoms with van der Waals surface area (Å²) in [5, 5.41) is 26.1. The van der Waals surface area contributed by atoms with Gasteiger partial charge in [-0.2, -0.15) is 11.8 Å². The molecule has 184 valence electrons. The number of carbonyl (C=O) groups excluding carboxylic acids is 4. The second kappa shape index (κ2) is 14.6. The quantitative estimate of drug-likeness (QED) is 0.137. The standard InChI is InChI=1S/C19H35N5O7S/c1-9(2)7-12(22-16(27)11(20)5-6-32-4)17(28)24-15(10(3)25)18(29)23-13(19(30)31)8-14(21)26/h9-13,15,25H,5-8,20H2,1-4H3,(H2,21,26)(H,22,27)(H,23,29)(H,24,28)(H,30,31). The zero-order valence-corrected chi connectivity index (χ0v) is 19.6. The third-order valence-corrected chi connectivity index (χ3v) is 5.04. The minimum atomic E-state index is -1.63. The first kappa shape index (κ1) is 29.6. The van der Waals surface area contributed by atoms with Crippen LogP contribution >= 0.6 is 11.8 Å². The Bertz CT molecular complexity index is 674. The van der Waals surface area contributed by atoms with E-state index >= 15 is 0 Å². The molecule has 0 spiro atoms. The molecule has 0 bridgehead atoms. The van der Waals surface area contributed by atoms with E-state index in [9.17, 15) is 29.1 Å². The van der Waals surface area contributed by atoms with Gasteiger partial charge in [0.05, 0.1) is 18.6 Å².